The molecule has 2 heterocycles. The van der Waals surface area contributed by atoms with Crippen LogP contribution in [-0.4, -0.2) is 24.1 Å². The Morgan fingerprint density at radius 2 is 1.90 bits per heavy atom. The summed E-state index contributed by atoms with van der Waals surface area (Å²) in [7, 11) is 0. The molecule has 29 heavy (non-hydrogen) atoms. The fourth-order valence-electron chi connectivity index (χ4n) is 2.58. The van der Waals surface area contributed by atoms with Crippen LogP contribution in [-0.2, 0) is 13.1 Å². The van der Waals surface area contributed by atoms with Gasteiger partial charge in [-0.1, -0.05) is 18.2 Å². The van der Waals surface area contributed by atoms with Gasteiger partial charge in [-0.2, -0.15) is 11.3 Å². The minimum atomic E-state index is 0.527. The van der Waals surface area contributed by atoms with Crippen molar-refractivity contribution in [3.8, 4) is 17.4 Å². The first kappa shape index (κ1) is 20.7. The van der Waals surface area contributed by atoms with E-state index in [0.29, 0.717) is 37.1 Å². The van der Waals surface area contributed by atoms with E-state index in [9.17, 15) is 0 Å². The van der Waals surface area contributed by atoms with Gasteiger partial charge in [0.1, 0.15) is 0 Å². The Bertz CT molecular complexity index is 895. The van der Waals surface area contributed by atoms with Gasteiger partial charge in [0.2, 0.25) is 5.88 Å². The van der Waals surface area contributed by atoms with Gasteiger partial charge in [-0.25, -0.2) is 9.98 Å². The largest absolute Gasteiger partial charge is 0.490 e. The molecule has 152 valence electrons. The number of aliphatic imine (C=N–C) groups is 1. The Balaban J connectivity index is 1.57. The molecule has 0 radical (unpaired) electrons. The molecule has 3 rings (SSSR count). The van der Waals surface area contributed by atoms with Crippen molar-refractivity contribution in [2.24, 2.45) is 4.99 Å². The molecule has 0 bridgehead atoms. The number of rotatable bonds is 9. The van der Waals surface area contributed by atoms with Gasteiger partial charge in [-0.3, -0.25) is 0 Å². The average Bonchev–Trinajstić information content (AvgIpc) is 3.26. The molecule has 0 saturated carbocycles. The summed E-state index contributed by atoms with van der Waals surface area (Å²) < 4.78 is 11.5. The molecular weight excluding hydrogens is 384 g/mol. The zero-order valence-electron chi connectivity index (χ0n) is 16.7. The lowest BCUT2D eigenvalue weighted by Gasteiger charge is -2.12. The molecule has 1 aromatic carbocycles. The topological polar surface area (TPSA) is 67.8 Å². The Labute approximate surface area is 175 Å². The summed E-state index contributed by atoms with van der Waals surface area (Å²) in [4.78, 5) is 9.02. The van der Waals surface area contributed by atoms with Gasteiger partial charge in [-0.05, 0) is 53.9 Å². The minimum Gasteiger partial charge on any atom is -0.490 e. The van der Waals surface area contributed by atoms with Crippen LogP contribution in [0.2, 0.25) is 0 Å². The molecule has 0 spiro atoms. The highest BCUT2D eigenvalue weighted by Crippen LogP contribution is 2.30. The zero-order chi connectivity index (χ0) is 20.3. The van der Waals surface area contributed by atoms with Crippen LogP contribution in [0.1, 0.15) is 25.0 Å². The first-order valence-electron chi connectivity index (χ1n) is 9.66. The second kappa shape index (κ2) is 11.1. The fourth-order valence-corrected chi connectivity index (χ4v) is 3.24. The Hall–Kier alpha value is -3.06. The van der Waals surface area contributed by atoms with E-state index in [2.05, 4.69) is 44.4 Å². The number of thiophene rings is 1. The van der Waals surface area contributed by atoms with Crippen LogP contribution in [0, 0.1) is 0 Å². The number of nitrogens with one attached hydrogen (secondary N) is 2. The first-order chi connectivity index (χ1) is 14.3. The predicted octanol–water partition coefficient (Wildman–Crippen LogP) is 4.59. The van der Waals surface area contributed by atoms with Crippen molar-refractivity contribution in [1.29, 1.82) is 0 Å². The monoisotopic (exact) mass is 410 g/mol. The third kappa shape index (κ3) is 6.50. The van der Waals surface area contributed by atoms with E-state index in [4.69, 9.17) is 9.47 Å². The number of benzene rings is 1. The van der Waals surface area contributed by atoms with Crippen LogP contribution in [0.3, 0.4) is 0 Å². The Morgan fingerprint density at radius 1 is 1.03 bits per heavy atom. The van der Waals surface area contributed by atoms with E-state index in [-0.39, 0.29) is 0 Å². The molecule has 3 aromatic rings. The van der Waals surface area contributed by atoms with E-state index >= 15 is 0 Å². The highest BCUT2D eigenvalue weighted by atomic mass is 32.1. The number of hydrogen-bond acceptors (Lipinski definition) is 5. The summed E-state index contributed by atoms with van der Waals surface area (Å²) in [5, 5.41) is 10.8. The minimum absolute atomic E-state index is 0.527. The molecule has 0 fully saturated rings. The van der Waals surface area contributed by atoms with Gasteiger partial charge >= 0.3 is 0 Å². The molecule has 0 aliphatic rings. The first-order valence-corrected chi connectivity index (χ1v) is 10.6. The number of aromatic nitrogens is 1. The molecule has 0 unspecified atom stereocenters. The quantitative estimate of drug-likeness (QED) is 0.399. The van der Waals surface area contributed by atoms with Gasteiger partial charge in [0, 0.05) is 25.4 Å². The van der Waals surface area contributed by atoms with E-state index < -0.39 is 0 Å². The lowest BCUT2D eigenvalue weighted by Crippen LogP contribution is -2.36. The van der Waals surface area contributed by atoms with E-state index in [0.717, 1.165) is 18.1 Å². The lowest BCUT2D eigenvalue weighted by atomic mass is 10.3. The summed E-state index contributed by atoms with van der Waals surface area (Å²) in [6.45, 7) is 6.67. The molecule has 2 N–H and O–H groups in total. The maximum absolute atomic E-state index is 5.87. The maximum atomic E-state index is 5.87. The molecule has 0 amide bonds. The number of guanidine groups is 1. The fraction of sp³-hybridized carbons (Fsp3) is 0.273. The zero-order valence-corrected chi connectivity index (χ0v) is 17.5. The van der Waals surface area contributed by atoms with Crippen molar-refractivity contribution in [1.82, 2.24) is 15.6 Å². The normalized spacial score (nSPS) is 11.2. The maximum Gasteiger partial charge on any atom is 0.219 e. The number of hydrogen-bond donors (Lipinski definition) is 2. The third-order valence-corrected chi connectivity index (χ3v) is 4.70. The summed E-state index contributed by atoms with van der Waals surface area (Å²) in [6, 6.07) is 13.5. The smallest absolute Gasteiger partial charge is 0.219 e. The van der Waals surface area contributed by atoms with Gasteiger partial charge in [0.05, 0.1) is 13.2 Å². The second-order valence-corrected chi connectivity index (χ2v) is 6.95. The number of pyridine rings is 1. The lowest BCUT2D eigenvalue weighted by molar-refractivity contribution is 0.319. The predicted molar refractivity (Wildman–Crippen MR) is 118 cm³/mol. The van der Waals surface area contributed by atoms with Crippen LogP contribution in [0.5, 0.6) is 17.4 Å². The Kier molecular flexibility index (Phi) is 7.89. The number of nitrogens with zero attached hydrogens (tertiary/aromatic N) is 2. The van der Waals surface area contributed by atoms with Crippen molar-refractivity contribution in [2.45, 2.75) is 26.9 Å². The van der Waals surface area contributed by atoms with E-state index in [1.54, 1.807) is 17.5 Å². The summed E-state index contributed by atoms with van der Waals surface area (Å²) in [5.41, 5.74) is 2.25. The molecule has 0 atom stereocenters. The van der Waals surface area contributed by atoms with Crippen molar-refractivity contribution in [3.63, 3.8) is 0 Å². The average molecular weight is 411 g/mol. The van der Waals surface area contributed by atoms with Crippen LogP contribution in [0.25, 0.3) is 0 Å². The van der Waals surface area contributed by atoms with Crippen molar-refractivity contribution >= 4 is 17.3 Å². The molecule has 6 nitrogen and oxygen atoms in total. The van der Waals surface area contributed by atoms with Crippen LogP contribution >= 0.6 is 11.3 Å². The van der Waals surface area contributed by atoms with Gasteiger partial charge < -0.3 is 20.1 Å². The van der Waals surface area contributed by atoms with E-state index in [1.165, 1.54) is 5.56 Å². The van der Waals surface area contributed by atoms with Gasteiger partial charge in [0.25, 0.3) is 0 Å². The molecule has 0 aliphatic carbocycles. The highest BCUT2D eigenvalue weighted by Gasteiger charge is 2.06. The van der Waals surface area contributed by atoms with Crippen molar-refractivity contribution < 1.29 is 9.47 Å². The molecular formula is C22H26N4O2S. The highest BCUT2D eigenvalue weighted by molar-refractivity contribution is 7.07. The van der Waals surface area contributed by atoms with Crippen molar-refractivity contribution in [2.75, 3.05) is 13.2 Å². The standard InChI is InChI=1S/C22H26N4O2S/c1-3-23-22(26-15-18-11-12-29-16-18)25-14-17-9-10-21(24-13-17)28-20-8-6-5-7-19(20)27-4-2/h5-13,16H,3-4,14-15H2,1-2H3,(H2,23,25,26). The van der Waals surface area contributed by atoms with Crippen LogP contribution in [0.15, 0.2) is 64.4 Å². The third-order valence-electron chi connectivity index (χ3n) is 3.97. The van der Waals surface area contributed by atoms with Crippen LogP contribution in [0.4, 0.5) is 0 Å². The molecule has 0 aliphatic heterocycles. The van der Waals surface area contributed by atoms with Gasteiger partial charge in [-0.15, -0.1) is 0 Å². The summed E-state index contributed by atoms with van der Waals surface area (Å²) in [6.07, 6.45) is 1.80. The SMILES string of the molecule is CCNC(=NCc1ccsc1)NCc1ccc(Oc2ccccc2OCC)nc1. The Morgan fingerprint density at radius 3 is 2.59 bits per heavy atom. The van der Waals surface area contributed by atoms with Crippen LogP contribution < -0.4 is 20.1 Å². The molecule has 2 aromatic heterocycles. The van der Waals surface area contributed by atoms with Gasteiger partial charge in [0.15, 0.2) is 17.5 Å². The van der Waals surface area contributed by atoms with Crippen molar-refractivity contribution in [3.05, 3.63) is 70.5 Å². The summed E-state index contributed by atoms with van der Waals surface area (Å²) in [5.74, 6) is 2.67. The molecule has 7 heteroatoms. The molecule has 0 saturated heterocycles. The summed E-state index contributed by atoms with van der Waals surface area (Å²) >= 11 is 1.68. The second-order valence-electron chi connectivity index (χ2n) is 6.17. The number of ether oxygens (including phenoxy) is 2. The number of para-hydroxylation sites is 2. The van der Waals surface area contributed by atoms with E-state index in [1.807, 2.05) is 43.3 Å².